The van der Waals surface area contributed by atoms with Crippen LogP contribution in [0, 0.1) is 0 Å². The van der Waals surface area contributed by atoms with Gasteiger partial charge < -0.3 is 5.32 Å². The van der Waals surface area contributed by atoms with E-state index in [0.717, 1.165) is 0 Å². The molecule has 94 valence electrons. The van der Waals surface area contributed by atoms with Gasteiger partial charge >= 0.3 is 0 Å². The normalized spacial score (nSPS) is 10.9. The Kier molecular flexibility index (Phi) is 3.42. The molecule has 0 aromatic carbocycles. The lowest BCUT2D eigenvalue weighted by Crippen LogP contribution is -2.13. The van der Waals surface area contributed by atoms with Gasteiger partial charge in [0.1, 0.15) is 10.7 Å². The van der Waals surface area contributed by atoms with E-state index in [1.807, 2.05) is 0 Å². The van der Waals surface area contributed by atoms with Crippen LogP contribution in [-0.2, 0) is 10.0 Å². The van der Waals surface area contributed by atoms with Gasteiger partial charge in [0.25, 0.3) is 10.0 Å². The number of sulfonamides is 1. The predicted octanol–water partition coefficient (Wildman–Crippen LogP) is 1.32. The molecule has 0 atom stereocenters. The first kappa shape index (κ1) is 12.3. The first-order chi connectivity index (χ1) is 8.62. The van der Waals surface area contributed by atoms with Gasteiger partial charge in [-0.2, -0.15) is 0 Å². The average molecular weight is 264 g/mol. The van der Waals surface area contributed by atoms with Crippen LogP contribution in [0.3, 0.4) is 0 Å². The van der Waals surface area contributed by atoms with Gasteiger partial charge in [0.2, 0.25) is 0 Å². The highest BCUT2D eigenvalue weighted by atomic mass is 32.2. The van der Waals surface area contributed by atoms with Crippen molar-refractivity contribution in [3.05, 3.63) is 42.9 Å². The molecule has 2 heterocycles. The fraction of sp³-hybridized carbons (Fsp3) is 0.0909. The lowest BCUT2D eigenvalue weighted by molar-refractivity contribution is 0.601. The standard InChI is InChI=1S/C11H12N4O2S/c1-12-11-3-2-10(8-14-11)18(16,17)15-9-4-6-13-7-5-9/h2-8H,1H3,(H,12,14)(H,13,15). The molecule has 0 aliphatic rings. The van der Waals surface area contributed by atoms with E-state index in [1.165, 1.54) is 24.7 Å². The second-order valence-electron chi connectivity index (χ2n) is 3.47. The van der Waals surface area contributed by atoms with E-state index in [2.05, 4.69) is 20.0 Å². The van der Waals surface area contributed by atoms with Crippen LogP contribution in [0.2, 0.25) is 0 Å². The monoisotopic (exact) mass is 264 g/mol. The fourth-order valence-corrected chi connectivity index (χ4v) is 2.32. The molecule has 2 N–H and O–H groups in total. The van der Waals surface area contributed by atoms with Crippen molar-refractivity contribution < 1.29 is 8.42 Å². The summed E-state index contributed by atoms with van der Waals surface area (Å²) in [5, 5.41) is 2.82. The van der Waals surface area contributed by atoms with Gasteiger partial charge in [-0.1, -0.05) is 0 Å². The van der Waals surface area contributed by atoms with Crippen molar-refractivity contribution in [2.24, 2.45) is 0 Å². The topological polar surface area (TPSA) is 84.0 Å². The van der Waals surface area contributed by atoms with E-state index in [0.29, 0.717) is 11.5 Å². The Morgan fingerprint density at radius 3 is 2.39 bits per heavy atom. The van der Waals surface area contributed by atoms with E-state index in [-0.39, 0.29) is 4.90 Å². The highest BCUT2D eigenvalue weighted by molar-refractivity contribution is 7.92. The smallest absolute Gasteiger partial charge is 0.263 e. The van der Waals surface area contributed by atoms with E-state index in [4.69, 9.17) is 0 Å². The second kappa shape index (κ2) is 5.01. The third-order valence-electron chi connectivity index (χ3n) is 2.24. The molecule has 0 unspecified atom stereocenters. The lowest BCUT2D eigenvalue weighted by atomic mass is 10.4. The van der Waals surface area contributed by atoms with Crippen LogP contribution >= 0.6 is 0 Å². The highest BCUT2D eigenvalue weighted by Crippen LogP contribution is 2.15. The quantitative estimate of drug-likeness (QED) is 0.870. The number of rotatable bonds is 4. The fourth-order valence-electron chi connectivity index (χ4n) is 1.32. The molecule has 7 heteroatoms. The van der Waals surface area contributed by atoms with Gasteiger partial charge in [0.15, 0.2) is 0 Å². The predicted molar refractivity (Wildman–Crippen MR) is 68.8 cm³/mol. The summed E-state index contributed by atoms with van der Waals surface area (Å²) in [7, 11) is -1.89. The summed E-state index contributed by atoms with van der Waals surface area (Å²) < 4.78 is 26.5. The zero-order chi connectivity index (χ0) is 13.0. The van der Waals surface area contributed by atoms with E-state index < -0.39 is 10.0 Å². The van der Waals surface area contributed by atoms with Gasteiger partial charge in [0, 0.05) is 25.6 Å². The molecule has 0 bridgehead atoms. The molecule has 0 radical (unpaired) electrons. The molecule has 0 amide bonds. The molecule has 0 saturated heterocycles. The summed E-state index contributed by atoms with van der Waals surface area (Å²) >= 11 is 0. The third kappa shape index (κ3) is 2.75. The molecule has 2 rings (SSSR count). The number of anilines is 2. The van der Waals surface area contributed by atoms with Crippen LogP contribution in [0.25, 0.3) is 0 Å². The van der Waals surface area contributed by atoms with E-state index >= 15 is 0 Å². The Morgan fingerprint density at radius 2 is 1.83 bits per heavy atom. The molecule has 2 aromatic heterocycles. The van der Waals surface area contributed by atoms with Gasteiger partial charge in [-0.3, -0.25) is 9.71 Å². The molecular formula is C11H12N4O2S. The van der Waals surface area contributed by atoms with Crippen LogP contribution in [0.5, 0.6) is 0 Å². The van der Waals surface area contributed by atoms with E-state index in [9.17, 15) is 8.42 Å². The summed E-state index contributed by atoms with van der Waals surface area (Å²) in [6.07, 6.45) is 4.33. The summed E-state index contributed by atoms with van der Waals surface area (Å²) in [4.78, 5) is 7.89. The molecule has 0 aliphatic carbocycles. The van der Waals surface area contributed by atoms with Gasteiger partial charge in [-0.25, -0.2) is 13.4 Å². The SMILES string of the molecule is CNc1ccc(S(=O)(=O)Nc2ccncc2)cn1. The number of aromatic nitrogens is 2. The lowest BCUT2D eigenvalue weighted by Gasteiger charge is -2.07. The minimum absolute atomic E-state index is 0.110. The molecule has 0 spiro atoms. The number of hydrogen-bond acceptors (Lipinski definition) is 5. The van der Waals surface area contributed by atoms with Gasteiger partial charge in [-0.15, -0.1) is 0 Å². The van der Waals surface area contributed by atoms with Crippen LogP contribution in [-0.4, -0.2) is 25.4 Å². The Bertz CT molecular complexity index is 611. The van der Waals surface area contributed by atoms with Crippen LogP contribution in [0.15, 0.2) is 47.8 Å². The third-order valence-corrected chi connectivity index (χ3v) is 3.60. The maximum atomic E-state index is 12.0. The minimum Gasteiger partial charge on any atom is -0.373 e. The van der Waals surface area contributed by atoms with Crippen molar-refractivity contribution in [1.82, 2.24) is 9.97 Å². The summed E-state index contributed by atoms with van der Waals surface area (Å²) in [5.74, 6) is 0.609. The van der Waals surface area contributed by atoms with Crippen molar-refractivity contribution in [1.29, 1.82) is 0 Å². The molecule has 0 aliphatic heterocycles. The Hall–Kier alpha value is -2.15. The van der Waals surface area contributed by atoms with Crippen molar-refractivity contribution >= 4 is 21.5 Å². The number of nitrogens with zero attached hydrogens (tertiary/aromatic N) is 2. The van der Waals surface area contributed by atoms with Crippen LogP contribution < -0.4 is 10.0 Å². The summed E-state index contributed by atoms with van der Waals surface area (Å²) in [6, 6.07) is 6.24. The largest absolute Gasteiger partial charge is 0.373 e. The maximum absolute atomic E-state index is 12.0. The van der Waals surface area contributed by atoms with Crippen LogP contribution in [0.4, 0.5) is 11.5 Å². The first-order valence-corrected chi connectivity index (χ1v) is 6.67. The Morgan fingerprint density at radius 1 is 1.11 bits per heavy atom. The highest BCUT2D eigenvalue weighted by Gasteiger charge is 2.14. The zero-order valence-electron chi connectivity index (χ0n) is 9.66. The van der Waals surface area contributed by atoms with Gasteiger partial charge in [-0.05, 0) is 24.3 Å². The first-order valence-electron chi connectivity index (χ1n) is 5.18. The molecule has 2 aromatic rings. The number of nitrogens with one attached hydrogen (secondary N) is 2. The molecule has 6 nitrogen and oxygen atoms in total. The molecule has 0 saturated carbocycles. The number of pyridine rings is 2. The second-order valence-corrected chi connectivity index (χ2v) is 5.15. The summed E-state index contributed by atoms with van der Waals surface area (Å²) in [6.45, 7) is 0. The van der Waals surface area contributed by atoms with Crippen molar-refractivity contribution in [3.8, 4) is 0 Å². The van der Waals surface area contributed by atoms with Gasteiger partial charge in [0.05, 0.1) is 5.69 Å². The minimum atomic E-state index is -3.61. The Balaban J connectivity index is 2.25. The van der Waals surface area contributed by atoms with Crippen molar-refractivity contribution in [2.75, 3.05) is 17.1 Å². The molecular weight excluding hydrogens is 252 g/mol. The Labute approximate surface area is 105 Å². The molecule has 18 heavy (non-hydrogen) atoms. The van der Waals surface area contributed by atoms with Crippen LogP contribution in [0.1, 0.15) is 0 Å². The van der Waals surface area contributed by atoms with E-state index in [1.54, 1.807) is 25.2 Å². The zero-order valence-corrected chi connectivity index (χ0v) is 10.5. The average Bonchev–Trinajstić information content (AvgIpc) is 2.39. The summed E-state index contributed by atoms with van der Waals surface area (Å²) in [5.41, 5.74) is 0.461. The van der Waals surface area contributed by atoms with Crippen molar-refractivity contribution in [3.63, 3.8) is 0 Å². The van der Waals surface area contributed by atoms with Crippen molar-refractivity contribution in [2.45, 2.75) is 4.90 Å². The maximum Gasteiger partial charge on any atom is 0.263 e. The molecule has 0 fully saturated rings. The number of hydrogen-bond donors (Lipinski definition) is 2.